The fourth-order valence-corrected chi connectivity index (χ4v) is 4.89. The van der Waals surface area contributed by atoms with Crippen molar-refractivity contribution in [2.24, 2.45) is 0 Å². The van der Waals surface area contributed by atoms with E-state index in [0.29, 0.717) is 33.3 Å². The Morgan fingerprint density at radius 1 is 0.861 bits per heavy atom. The van der Waals surface area contributed by atoms with E-state index in [1.165, 1.54) is 6.07 Å². The molecule has 0 saturated heterocycles. The molecule has 0 N–H and O–H groups in total. The average Bonchev–Trinajstić information content (AvgIpc) is 2.90. The number of rotatable bonds is 4. The zero-order valence-electron chi connectivity index (χ0n) is 18.9. The molecule has 6 rings (SSSR count). The summed E-state index contributed by atoms with van der Waals surface area (Å²) in [5.74, 6) is -0.494. The summed E-state index contributed by atoms with van der Waals surface area (Å²) in [6.07, 6.45) is 0. The molecule has 6 heteroatoms. The van der Waals surface area contributed by atoms with Crippen molar-refractivity contribution in [3.63, 3.8) is 0 Å². The molecule has 5 nitrogen and oxygen atoms in total. The van der Waals surface area contributed by atoms with Crippen LogP contribution in [0.4, 0.5) is 0 Å². The summed E-state index contributed by atoms with van der Waals surface area (Å²) in [5.41, 5.74) is 3.21. The molecule has 0 saturated carbocycles. The zero-order valence-corrected chi connectivity index (χ0v) is 20.5. The third-order valence-electron chi connectivity index (χ3n) is 6.13. The molecule has 36 heavy (non-hydrogen) atoms. The third kappa shape index (κ3) is 4.06. The summed E-state index contributed by atoms with van der Waals surface area (Å²) in [6, 6.07) is 29.9. The van der Waals surface area contributed by atoms with Crippen LogP contribution in [0.1, 0.15) is 15.9 Å². The zero-order chi connectivity index (χ0) is 24.6. The number of carbonyl (C=O) groups is 1. The molecule has 0 unspecified atom stereocenters. The first kappa shape index (κ1) is 22.2. The number of pyridine rings is 1. The van der Waals surface area contributed by atoms with E-state index in [1.54, 1.807) is 12.1 Å². The monoisotopic (exact) mass is 535 g/mol. The van der Waals surface area contributed by atoms with Crippen molar-refractivity contribution in [1.82, 2.24) is 4.98 Å². The van der Waals surface area contributed by atoms with E-state index >= 15 is 0 Å². The number of fused-ring (bicyclic) bond motifs is 4. The molecular weight excluding hydrogens is 518 g/mol. The van der Waals surface area contributed by atoms with Crippen molar-refractivity contribution in [1.29, 1.82) is 0 Å². The molecule has 0 aliphatic carbocycles. The van der Waals surface area contributed by atoms with E-state index in [-0.39, 0.29) is 6.61 Å². The van der Waals surface area contributed by atoms with Crippen LogP contribution in [-0.4, -0.2) is 11.0 Å². The van der Waals surface area contributed by atoms with Gasteiger partial charge in [0.1, 0.15) is 12.2 Å². The van der Waals surface area contributed by atoms with E-state index in [1.807, 2.05) is 78.9 Å². The highest BCUT2D eigenvalue weighted by Crippen LogP contribution is 2.30. The number of ether oxygens (including phenoxy) is 1. The summed E-state index contributed by atoms with van der Waals surface area (Å²) in [6.45, 7) is -0.0716. The Morgan fingerprint density at radius 2 is 1.67 bits per heavy atom. The third-order valence-corrected chi connectivity index (χ3v) is 6.62. The van der Waals surface area contributed by atoms with E-state index in [4.69, 9.17) is 14.1 Å². The van der Waals surface area contributed by atoms with Crippen molar-refractivity contribution in [3.05, 3.63) is 123 Å². The molecule has 0 bridgehead atoms. The molecule has 2 aromatic heterocycles. The number of esters is 1. The van der Waals surface area contributed by atoms with Crippen LogP contribution in [0.2, 0.25) is 0 Å². The van der Waals surface area contributed by atoms with Gasteiger partial charge in [0.05, 0.1) is 16.8 Å². The highest BCUT2D eigenvalue weighted by atomic mass is 79.9. The van der Waals surface area contributed by atoms with Crippen LogP contribution in [-0.2, 0) is 11.3 Å². The molecule has 0 aliphatic rings. The molecule has 174 valence electrons. The Kier molecular flexibility index (Phi) is 5.58. The Bertz CT molecular complexity index is 1860. The van der Waals surface area contributed by atoms with Gasteiger partial charge in [0.25, 0.3) is 0 Å². The molecule has 2 heterocycles. The predicted octanol–water partition coefficient (Wildman–Crippen LogP) is 7.28. The van der Waals surface area contributed by atoms with E-state index < -0.39 is 11.6 Å². The largest absolute Gasteiger partial charge is 0.457 e. The predicted molar refractivity (Wildman–Crippen MR) is 144 cm³/mol. The van der Waals surface area contributed by atoms with Crippen molar-refractivity contribution < 1.29 is 13.9 Å². The van der Waals surface area contributed by atoms with Gasteiger partial charge in [-0.1, -0.05) is 76.6 Å². The molecule has 6 aromatic rings. The molecule has 0 radical (unpaired) electrons. The van der Waals surface area contributed by atoms with Crippen LogP contribution in [0.5, 0.6) is 0 Å². The second kappa shape index (κ2) is 9.06. The van der Waals surface area contributed by atoms with Crippen LogP contribution in [0.25, 0.3) is 43.9 Å². The van der Waals surface area contributed by atoms with Crippen molar-refractivity contribution in [3.8, 4) is 11.3 Å². The summed E-state index contributed by atoms with van der Waals surface area (Å²) in [7, 11) is 0. The first-order chi connectivity index (χ1) is 17.6. The summed E-state index contributed by atoms with van der Waals surface area (Å²) in [4.78, 5) is 30.4. The maximum absolute atomic E-state index is 13.4. The quantitative estimate of drug-likeness (QED) is 0.135. The van der Waals surface area contributed by atoms with Gasteiger partial charge in [-0.3, -0.25) is 0 Å². The van der Waals surface area contributed by atoms with E-state index in [0.717, 1.165) is 26.2 Å². The van der Waals surface area contributed by atoms with Gasteiger partial charge in [0, 0.05) is 32.4 Å². The lowest BCUT2D eigenvalue weighted by Gasteiger charge is -2.12. The lowest BCUT2D eigenvalue weighted by Crippen LogP contribution is -2.09. The number of para-hydroxylation sites is 1. The Hall–Kier alpha value is -4.29. The molecule has 0 aliphatic heterocycles. The smallest absolute Gasteiger partial charge is 0.339 e. The molecular formula is C30H18BrNO4. The molecule has 0 atom stereocenters. The van der Waals surface area contributed by atoms with Crippen LogP contribution < -0.4 is 5.63 Å². The first-order valence-corrected chi connectivity index (χ1v) is 12.1. The minimum Gasteiger partial charge on any atom is -0.457 e. The number of halogens is 1. The van der Waals surface area contributed by atoms with Gasteiger partial charge in [-0.15, -0.1) is 0 Å². The number of carbonyl (C=O) groups excluding carboxylic acids is 1. The molecule has 4 aromatic carbocycles. The topological polar surface area (TPSA) is 69.4 Å². The van der Waals surface area contributed by atoms with Gasteiger partial charge < -0.3 is 9.15 Å². The van der Waals surface area contributed by atoms with Crippen molar-refractivity contribution in [2.75, 3.05) is 0 Å². The molecule has 0 spiro atoms. The number of benzene rings is 4. The summed E-state index contributed by atoms with van der Waals surface area (Å²) in [5, 5.41) is 3.39. The second-order valence-electron chi connectivity index (χ2n) is 8.41. The van der Waals surface area contributed by atoms with Crippen molar-refractivity contribution >= 4 is 54.5 Å². The minimum absolute atomic E-state index is 0.0716. The molecule has 0 fully saturated rings. The average molecular weight is 536 g/mol. The second-order valence-corrected chi connectivity index (χ2v) is 9.32. The van der Waals surface area contributed by atoms with Gasteiger partial charge in [-0.2, -0.15) is 0 Å². The van der Waals surface area contributed by atoms with E-state index in [2.05, 4.69) is 15.9 Å². The van der Waals surface area contributed by atoms with Gasteiger partial charge in [0.2, 0.25) is 0 Å². The van der Waals surface area contributed by atoms with Crippen LogP contribution in [0.3, 0.4) is 0 Å². The first-order valence-electron chi connectivity index (χ1n) is 11.3. The van der Waals surface area contributed by atoms with Crippen molar-refractivity contribution in [2.45, 2.75) is 6.61 Å². The Balaban J connectivity index is 1.42. The highest BCUT2D eigenvalue weighted by Gasteiger charge is 2.17. The summed E-state index contributed by atoms with van der Waals surface area (Å²) >= 11 is 3.50. The van der Waals surface area contributed by atoms with Gasteiger partial charge in [-0.05, 0) is 41.1 Å². The Morgan fingerprint density at radius 3 is 2.53 bits per heavy atom. The lowest BCUT2D eigenvalue weighted by atomic mass is 10.0. The highest BCUT2D eigenvalue weighted by molar-refractivity contribution is 9.10. The minimum atomic E-state index is -0.494. The number of hydrogen-bond acceptors (Lipinski definition) is 5. The fraction of sp³-hybridized carbons (Fsp3) is 0.0333. The van der Waals surface area contributed by atoms with Crippen LogP contribution in [0.15, 0.2) is 111 Å². The number of nitrogens with zero attached hydrogens (tertiary/aromatic N) is 1. The maximum atomic E-state index is 13.4. The van der Waals surface area contributed by atoms with Gasteiger partial charge in [0.15, 0.2) is 0 Å². The van der Waals surface area contributed by atoms with Crippen LogP contribution >= 0.6 is 15.9 Å². The van der Waals surface area contributed by atoms with Gasteiger partial charge in [-0.25, -0.2) is 14.6 Å². The van der Waals surface area contributed by atoms with Crippen LogP contribution in [0, 0.1) is 0 Å². The van der Waals surface area contributed by atoms with E-state index in [9.17, 15) is 9.59 Å². The number of hydrogen-bond donors (Lipinski definition) is 0. The SMILES string of the molecule is O=C(OCc1cc(=O)oc2ccc3ccccc3c12)c1cc(-c2cccc(Br)c2)nc2ccccc12. The standard InChI is InChI=1S/C30H18BrNO4/c31-21-8-5-7-19(14-21)26-16-24(23-10-3-4-11-25(23)32-26)30(34)35-17-20-15-28(33)36-27-13-12-18-6-1-2-9-22(18)29(20)27/h1-16H,17H2. The normalized spacial score (nSPS) is 11.2. The van der Waals surface area contributed by atoms with Gasteiger partial charge >= 0.3 is 11.6 Å². The Labute approximate surface area is 214 Å². The maximum Gasteiger partial charge on any atom is 0.339 e. The lowest BCUT2D eigenvalue weighted by molar-refractivity contribution is 0.0476. The number of aromatic nitrogens is 1. The molecule has 0 amide bonds. The fourth-order valence-electron chi connectivity index (χ4n) is 4.49. The summed E-state index contributed by atoms with van der Waals surface area (Å²) < 4.78 is 12.1.